The van der Waals surface area contributed by atoms with E-state index in [1.54, 1.807) is 6.92 Å². The maximum Gasteiger partial charge on any atom is 1.00 e. The van der Waals surface area contributed by atoms with Crippen LogP contribution in [0.25, 0.3) is 0 Å². The van der Waals surface area contributed by atoms with Crippen LogP contribution in [-0.4, -0.2) is 24.8 Å². The first-order valence-electron chi connectivity index (χ1n) is 13.1. The molecule has 0 radical (unpaired) electrons. The fourth-order valence-corrected chi connectivity index (χ4v) is 4.89. The van der Waals surface area contributed by atoms with Crippen molar-refractivity contribution >= 4 is 10.1 Å². The third kappa shape index (κ3) is 17.1. The fourth-order valence-electron chi connectivity index (χ4n) is 4.25. The molecule has 1 unspecified atom stereocenters. The Morgan fingerprint density at radius 3 is 1.55 bits per heavy atom. The zero-order chi connectivity index (χ0) is 23.7. The number of ether oxygens (including phenoxy) is 1. The molecule has 0 fully saturated rings. The molecule has 0 aliphatic heterocycles. The Morgan fingerprint density at radius 2 is 1.15 bits per heavy atom. The van der Waals surface area contributed by atoms with Gasteiger partial charge in [0.25, 0.3) is 0 Å². The molecule has 4 nitrogen and oxygen atoms in total. The molecule has 1 aromatic rings. The van der Waals surface area contributed by atoms with Crippen LogP contribution < -0.4 is 34.3 Å². The molecule has 0 bridgehead atoms. The second-order valence-corrected chi connectivity index (χ2v) is 10.7. The monoisotopic (exact) mass is 490 g/mol. The normalized spacial score (nSPS) is 12.4. The fraction of sp³-hybridized carbons (Fsp3) is 0.778. The summed E-state index contributed by atoms with van der Waals surface area (Å²) in [6.45, 7) is 6.15. The Balaban J connectivity index is 0.0000102. The minimum absolute atomic E-state index is 0. The summed E-state index contributed by atoms with van der Waals surface area (Å²) >= 11 is 0. The van der Waals surface area contributed by atoms with Gasteiger partial charge in [0.2, 0.25) is 0 Å². The Kier molecular flexibility index (Phi) is 20.1. The topological polar surface area (TPSA) is 66.4 Å². The summed E-state index contributed by atoms with van der Waals surface area (Å²) < 4.78 is 39.7. The molecule has 0 aromatic heterocycles. The summed E-state index contributed by atoms with van der Waals surface area (Å²) in [6, 6.07) is 6.28. The van der Waals surface area contributed by atoms with Gasteiger partial charge in [-0.15, -0.1) is 0 Å². The van der Waals surface area contributed by atoms with Gasteiger partial charge >= 0.3 is 29.6 Å². The molecule has 0 aliphatic rings. The maximum absolute atomic E-state index is 11.2. The summed E-state index contributed by atoms with van der Waals surface area (Å²) in [5.74, 6) is 0.330. The van der Waals surface area contributed by atoms with E-state index in [4.69, 9.17) is 4.74 Å². The van der Waals surface area contributed by atoms with E-state index in [-0.39, 0.29) is 29.6 Å². The second-order valence-electron chi connectivity index (χ2n) is 9.30. The number of para-hydroxylation sites is 1. The van der Waals surface area contributed by atoms with Gasteiger partial charge in [-0.1, -0.05) is 109 Å². The van der Waals surface area contributed by atoms with Gasteiger partial charge in [0.15, 0.2) is 0 Å². The van der Waals surface area contributed by atoms with Crippen molar-refractivity contribution in [2.75, 3.05) is 5.75 Å². The second kappa shape index (κ2) is 20.2. The van der Waals surface area contributed by atoms with Crippen LogP contribution >= 0.6 is 0 Å². The number of hydrogen-bond acceptors (Lipinski definition) is 4. The number of benzene rings is 1. The van der Waals surface area contributed by atoms with Crippen molar-refractivity contribution in [2.24, 2.45) is 0 Å². The molecule has 0 N–H and O–H groups in total. The minimum atomic E-state index is -4.31. The summed E-state index contributed by atoms with van der Waals surface area (Å²) in [5.41, 5.74) is 2.29. The number of rotatable bonds is 20. The van der Waals surface area contributed by atoms with Crippen molar-refractivity contribution in [1.82, 2.24) is 0 Å². The standard InChI is InChI=1S/C27H48O4S.Na/c1-4-6-8-10-12-14-16-19-25-21-18-22-26(20-17-15-13-11-9-7-5-2)27(25)31-24(3)23-32(28,29)30;/h18,21-22,24H,4-17,19-20,23H2,1-3H3,(H,28,29,30);/q;+1/p-1. The third-order valence-electron chi connectivity index (χ3n) is 6.04. The molecule has 0 saturated carbocycles. The average molecular weight is 491 g/mol. The van der Waals surface area contributed by atoms with Crippen LogP contribution in [0.15, 0.2) is 18.2 Å². The third-order valence-corrected chi connectivity index (χ3v) is 6.91. The van der Waals surface area contributed by atoms with Gasteiger partial charge in [-0.25, -0.2) is 8.42 Å². The summed E-state index contributed by atoms with van der Waals surface area (Å²) in [5, 5.41) is 0. The quantitative estimate of drug-likeness (QED) is 0.152. The van der Waals surface area contributed by atoms with Crippen LogP contribution in [-0.2, 0) is 23.0 Å². The average Bonchev–Trinajstić information content (AvgIpc) is 2.72. The van der Waals surface area contributed by atoms with E-state index in [1.807, 2.05) is 0 Å². The molecular formula is C27H47NaO4S. The molecule has 0 heterocycles. The zero-order valence-electron chi connectivity index (χ0n) is 21.9. The molecule has 0 saturated heterocycles. The molecular weight excluding hydrogens is 443 g/mol. The first-order valence-corrected chi connectivity index (χ1v) is 14.7. The zero-order valence-corrected chi connectivity index (χ0v) is 24.7. The minimum Gasteiger partial charge on any atom is -0.748 e. The van der Waals surface area contributed by atoms with E-state index in [1.165, 1.54) is 77.0 Å². The molecule has 0 amide bonds. The molecule has 0 aliphatic carbocycles. The molecule has 6 heteroatoms. The van der Waals surface area contributed by atoms with Crippen molar-refractivity contribution in [3.05, 3.63) is 29.3 Å². The van der Waals surface area contributed by atoms with Gasteiger partial charge in [-0.05, 0) is 43.7 Å². The van der Waals surface area contributed by atoms with Crippen molar-refractivity contribution in [2.45, 2.75) is 130 Å². The SMILES string of the molecule is CCCCCCCCCc1cccc(CCCCCCCCC)c1OC(C)CS(=O)(=O)[O-].[Na+]. The summed E-state index contributed by atoms with van der Waals surface area (Å²) in [6.07, 6.45) is 18.8. The van der Waals surface area contributed by atoms with Gasteiger partial charge in [0.1, 0.15) is 11.9 Å². The van der Waals surface area contributed by atoms with E-state index in [2.05, 4.69) is 32.0 Å². The van der Waals surface area contributed by atoms with E-state index >= 15 is 0 Å². The molecule has 1 aromatic carbocycles. The first kappa shape index (κ1) is 32.9. The first-order chi connectivity index (χ1) is 15.4. The number of hydrogen-bond donors (Lipinski definition) is 0. The largest absolute Gasteiger partial charge is 1.00 e. The van der Waals surface area contributed by atoms with E-state index in [0.717, 1.165) is 42.6 Å². The predicted molar refractivity (Wildman–Crippen MR) is 134 cm³/mol. The van der Waals surface area contributed by atoms with E-state index < -0.39 is 22.0 Å². The maximum atomic E-state index is 11.2. The smallest absolute Gasteiger partial charge is 0.748 e. The van der Waals surface area contributed by atoms with E-state index in [0.29, 0.717) is 0 Å². The van der Waals surface area contributed by atoms with Crippen LogP contribution in [0.3, 0.4) is 0 Å². The van der Waals surface area contributed by atoms with Gasteiger partial charge in [0, 0.05) is 0 Å². The number of aryl methyl sites for hydroxylation is 2. The van der Waals surface area contributed by atoms with Crippen LogP contribution in [0.5, 0.6) is 5.75 Å². The van der Waals surface area contributed by atoms with Crippen LogP contribution in [0.4, 0.5) is 0 Å². The van der Waals surface area contributed by atoms with Crippen molar-refractivity contribution in [3.63, 3.8) is 0 Å². The Bertz CT molecular complexity index is 670. The van der Waals surface area contributed by atoms with Crippen LogP contribution in [0.1, 0.15) is 122 Å². The van der Waals surface area contributed by atoms with E-state index in [9.17, 15) is 13.0 Å². The van der Waals surface area contributed by atoms with Crippen molar-refractivity contribution < 1.29 is 47.3 Å². The predicted octanol–water partition coefficient (Wildman–Crippen LogP) is 4.59. The summed E-state index contributed by atoms with van der Waals surface area (Å²) in [7, 11) is -4.31. The van der Waals surface area contributed by atoms with Gasteiger partial charge in [-0.3, -0.25) is 0 Å². The molecule has 33 heavy (non-hydrogen) atoms. The van der Waals surface area contributed by atoms with Crippen molar-refractivity contribution in [1.29, 1.82) is 0 Å². The molecule has 0 spiro atoms. The van der Waals surface area contributed by atoms with Crippen LogP contribution in [0.2, 0.25) is 0 Å². The molecule has 186 valence electrons. The Morgan fingerprint density at radius 1 is 0.758 bits per heavy atom. The Labute approximate surface area is 226 Å². The van der Waals surface area contributed by atoms with Crippen LogP contribution in [0, 0.1) is 0 Å². The van der Waals surface area contributed by atoms with Gasteiger partial charge in [-0.2, -0.15) is 0 Å². The molecule has 1 atom stereocenters. The Hall–Kier alpha value is -0.0700. The summed E-state index contributed by atoms with van der Waals surface area (Å²) in [4.78, 5) is 0. The van der Waals surface area contributed by atoms with Gasteiger partial charge in [0.05, 0.1) is 15.9 Å². The molecule has 1 rings (SSSR count). The van der Waals surface area contributed by atoms with Gasteiger partial charge < -0.3 is 9.29 Å². The number of unbranched alkanes of at least 4 members (excludes halogenated alkanes) is 12. The van der Waals surface area contributed by atoms with Crippen molar-refractivity contribution in [3.8, 4) is 5.75 Å².